The molecule has 0 saturated heterocycles. The molecular weight excluding hydrogens is 258 g/mol. The van der Waals surface area contributed by atoms with Crippen molar-refractivity contribution in [1.82, 2.24) is 10.0 Å². The number of dihydropyridines is 1. The SMILES string of the molecule is CC1=NC(=O)C(C(=O)NCCNS(C)(=O)=O)C=C1. The van der Waals surface area contributed by atoms with E-state index < -0.39 is 27.8 Å². The number of amides is 2. The number of hydrogen-bond donors (Lipinski definition) is 2. The lowest BCUT2D eigenvalue weighted by atomic mass is 10.0. The largest absolute Gasteiger partial charge is 0.354 e. The molecule has 0 aliphatic carbocycles. The molecule has 0 bridgehead atoms. The molecule has 7 nitrogen and oxygen atoms in total. The van der Waals surface area contributed by atoms with Crippen molar-refractivity contribution in [3.8, 4) is 0 Å². The van der Waals surface area contributed by atoms with Gasteiger partial charge < -0.3 is 5.32 Å². The fraction of sp³-hybridized carbons (Fsp3) is 0.500. The van der Waals surface area contributed by atoms with Crippen molar-refractivity contribution in [2.24, 2.45) is 10.9 Å². The van der Waals surface area contributed by atoms with E-state index in [9.17, 15) is 18.0 Å². The third-order valence-corrected chi connectivity index (χ3v) is 2.88. The minimum atomic E-state index is -3.27. The normalized spacial score (nSPS) is 19.6. The van der Waals surface area contributed by atoms with Gasteiger partial charge in [0.15, 0.2) is 0 Å². The first-order valence-electron chi connectivity index (χ1n) is 5.29. The van der Waals surface area contributed by atoms with Crippen molar-refractivity contribution >= 4 is 27.5 Å². The summed E-state index contributed by atoms with van der Waals surface area (Å²) in [6, 6.07) is 0. The second-order valence-corrected chi connectivity index (χ2v) is 5.72. The molecule has 1 aliphatic heterocycles. The lowest BCUT2D eigenvalue weighted by Gasteiger charge is -2.13. The molecule has 18 heavy (non-hydrogen) atoms. The van der Waals surface area contributed by atoms with Crippen LogP contribution in [0.1, 0.15) is 6.92 Å². The van der Waals surface area contributed by atoms with Gasteiger partial charge in [0.25, 0.3) is 5.91 Å². The van der Waals surface area contributed by atoms with Crippen LogP contribution in [0.5, 0.6) is 0 Å². The van der Waals surface area contributed by atoms with Crippen LogP contribution in [0.15, 0.2) is 17.1 Å². The van der Waals surface area contributed by atoms with Gasteiger partial charge in [0.05, 0.1) is 6.26 Å². The Hall–Kier alpha value is -1.54. The number of rotatable bonds is 5. The Balaban J connectivity index is 2.39. The van der Waals surface area contributed by atoms with Crippen LogP contribution in [0.4, 0.5) is 0 Å². The second kappa shape index (κ2) is 5.87. The molecule has 2 amide bonds. The maximum atomic E-state index is 11.6. The summed E-state index contributed by atoms with van der Waals surface area (Å²) >= 11 is 0. The minimum absolute atomic E-state index is 0.0808. The van der Waals surface area contributed by atoms with Crippen LogP contribution < -0.4 is 10.0 Å². The summed E-state index contributed by atoms with van der Waals surface area (Å²) in [6.07, 6.45) is 4.10. The van der Waals surface area contributed by atoms with Gasteiger partial charge in [-0.3, -0.25) is 9.59 Å². The zero-order valence-electron chi connectivity index (χ0n) is 10.1. The van der Waals surface area contributed by atoms with Crippen LogP contribution in [0.2, 0.25) is 0 Å². The number of aliphatic imine (C=N–C) groups is 1. The van der Waals surface area contributed by atoms with E-state index in [-0.39, 0.29) is 13.1 Å². The molecule has 0 spiro atoms. The highest BCUT2D eigenvalue weighted by Crippen LogP contribution is 2.08. The average molecular weight is 273 g/mol. The first-order chi connectivity index (χ1) is 8.29. The molecule has 0 radical (unpaired) electrons. The average Bonchev–Trinajstić information content (AvgIpc) is 2.22. The molecule has 1 heterocycles. The zero-order valence-corrected chi connectivity index (χ0v) is 11.0. The van der Waals surface area contributed by atoms with E-state index in [1.165, 1.54) is 6.08 Å². The van der Waals surface area contributed by atoms with Crippen LogP contribution in [-0.2, 0) is 19.6 Å². The van der Waals surface area contributed by atoms with Crippen LogP contribution in [0, 0.1) is 5.92 Å². The van der Waals surface area contributed by atoms with Crippen molar-refractivity contribution in [1.29, 1.82) is 0 Å². The first kappa shape index (κ1) is 14.5. The fourth-order valence-electron chi connectivity index (χ4n) is 1.33. The molecule has 0 aromatic carbocycles. The van der Waals surface area contributed by atoms with Crippen LogP contribution in [0.3, 0.4) is 0 Å². The van der Waals surface area contributed by atoms with E-state index >= 15 is 0 Å². The molecule has 2 N–H and O–H groups in total. The Morgan fingerprint density at radius 3 is 2.67 bits per heavy atom. The highest BCUT2D eigenvalue weighted by atomic mass is 32.2. The minimum Gasteiger partial charge on any atom is -0.354 e. The van der Waals surface area contributed by atoms with Gasteiger partial charge >= 0.3 is 0 Å². The molecule has 1 rings (SSSR count). The van der Waals surface area contributed by atoms with Gasteiger partial charge in [-0.25, -0.2) is 18.1 Å². The van der Waals surface area contributed by atoms with Crippen LogP contribution >= 0.6 is 0 Å². The van der Waals surface area contributed by atoms with Crippen molar-refractivity contribution in [2.45, 2.75) is 6.92 Å². The maximum Gasteiger partial charge on any atom is 0.262 e. The highest BCUT2D eigenvalue weighted by Gasteiger charge is 2.25. The van der Waals surface area contributed by atoms with Gasteiger partial charge in [0.2, 0.25) is 15.9 Å². The number of allylic oxidation sites excluding steroid dienone is 1. The summed E-state index contributed by atoms with van der Waals surface area (Å²) in [5.74, 6) is -1.92. The monoisotopic (exact) mass is 273 g/mol. The van der Waals surface area contributed by atoms with Crippen molar-refractivity contribution in [3.05, 3.63) is 12.2 Å². The lowest BCUT2D eigenvalue weighted by Crippen LogP contribution is -2.39. The van der Waals surface area contributed by atoms with E-state index in [0.717, 1.165) is 6.26 Å². The molecule has 0 saturated carbocycles. The quantitative estimate of drug-likeness (QED) is 0.486. The Bertz CT molecular complexity index is 507. The topological polar surface area (TPSA) is 105 Å². The Labute approximate surface area is 105 Å². The predicted molar refractivity (Wildman–Crippen MR) is 66.6 cm³/mol. The fourth-order valence-corrected chi connectivity index (χ4v) is 1.80. The number of carbonyl (C=O) groups is 2. The van der Waals surface area contributed by atoms with Crippen molar-refractivity contribution < 1.29 is 18.0 Å². The number of hydrogen-bond acceptors (Lipinski definition) is 4. The smallest absolute Gasteiger partial charge is 0.262 e. The standard InChI is InChI=1S/C10H15N3O4S/c1-7-3-4-8(10(15)13-7)9(14)11-5-6-12-18(2,16)17/h3-4,8,12H,5-6H2,1-2H3,(H,11,14). The third kappa shape index (κ3) is 4.76. The Morgan fingerprint density at radius 2 is 2.11 bits per heavy atom. The summed E-state index contributed by atoms with van der Waals surface area (Å²) in [4.78, 5) is 26.7. The zero-order chi connectivity index (χ0) is 13.8. The number of carbonyl (C=O) groups excluding carboxylic acids is 2. The molecule has 100 valence electrons. The summed E-state index contributed by atoms with van der Waals surface area (Å²) in [7, 11) is -3.27. The third-order valence-electron chi connectivity index (χ3n) is 2.15. The van der Waals surface area contributed by atoms with Gasteiger partial charge in [-0.1, -0.05) is 6.08 Å². The highest BCUT2D eigenvalue weighted by molar-refractivity contribution is 7.88. The molecule has 1 aliphatic rings. The van der Waals surface area contributed by atoms with Crippen molar-refractivity contribution in [2.75, 3.05) is 19.3 Å². The van der Waals surface area contributed by atoms with E-state index in [1.807, 2.05) is 0 Å². The first-order valence-corrected chi connectivity index (χ1v) is 7.18. The molecule has 8 heteroatoms. The summed E-state index contributed by atoms with van der Waals surface area (Å²) < 4.78 is 23.7. The van der Waals surface area contributed by atoms with E-state index in [1.54, 1.807) is 13.0 Å². The lowest BCUT2D eigenvalue weighted by molar-refractivity contribution is -0.131. The van der Waals surface area contributed by atoms with E-state index in [4.69, 9.17) is 0 Å². The number of nitrogens with one attached hydrogen (secondary N) is 2. The van der Waals surface area contributed by atoms with Gasteiger partial charge in [0.1, 0.15) is 5.92 Å². The molecule has 1 unspecified atom stereocenters. The van der Waals surface area contributed by atoms with Gasteiger partial charge in [0, 0.05) is 18.8 Å². The Kier molecular flexibility index (Phi) is 4.74. The van der Waals surface area contributed by atoms with Crippen molar-refractivity contribution in [3.63, 3.8) is 0 Å². The van der Waals surface area contributed by atoms with E-state index in [2.05, 4.69) is 15.0 Å². The second-order valence-electron chi connectivity index (χ2n) is 3.89. The van der Waals surface area contributed by atoms with Gasteiger partial charge in [-0.15, -0.1) is 0 Å². The molecule has 1 atom stereocenters. The van der Waals surface area contributed by atoms with Gasteiger partial charge in [-0.05, 0) is 13.0 Å². The van der Waals surface area contributed by atoms with Crippen LogP contribution in [-0.4, -0.2) is 45.3 Å². The molecule has 0 aromatic heterocycles. The summed E-state index contributed by atoms with van der Waals surface area (Å²) in [5.41, 5.74) is 0.558. The predicted octanol–water partition coefficient (Wildman–Crippen LogP) is -1.17. The maximum absolute atomic E-state index is 11.6. The number of nitrogens with zero attached hydrogens (tertiary/aromatic N) is 1. The van der Waals surface area contributed by atoms with Crippen LogP contribution in [0.25, 0.3) is 0 Å². The molecule has 0 fully saturated rings. The summed E-state index contributed by atoms with van der Waals surface area (Å²) in [6.45, 7) is 1.86. The van der Waals surface area contributed by atoms with E-state index in [0.29, 0.717) is 5.71 Å². The summed E-state index contributed by atoms with van der Waals surface area (Å²) in [5, 5.41) is 2.46. The molecular formula is C10H15N3O4S. The Morgan fingerprint density at radius 1 is 1.44 bits per heavy atom. The van der Waals surface area contributed by atoms with Gasteiger partial charge in [-0.2, -0.15) is 0 Å². The number of sulfonamides is 1. The molecule has 0 aromatic rings.